The van der Waals surface area contributed by atoms with Gasteiger partial charge in [0.25, 0.3) is 0 Å². The molecule has 0 heterocycles. The zero-order valence-corrected chi connectivity index (χ0v) is 8.24. The van der Waals surface area contributed by atoms with E-state index >= 15 is 0 Å². The van der Waals surface area contributed by atoms with Gasteiger partial charge in [-0.1, -0.05) is 0 Å². The molecule has 4 nitrogen and oxygen atoms in total. The van der Waals surface area contributed by atoms with Gasteiger partial charge in [-0.15, -0.1) is 0 Å². The maximum Gasteiger partial charge on any atom is 0.338 e. The second-order valence-corrected chi connectivity index (χ2v) is 2.68. The first kappa shape index (κ1) is 11.2. The number of rotatable bonds is 3. The molecular formula is C10H9FO4. The van der Waals surface area contributed by atoms with Crippen LogP contribution in [-0.2, 0) is 4.74 Å². The molecule has 0 saturated heterocycles. The van der Waals surface area contributed by atoms with Crippen LogP contribution in [0.1, 0.15) is 20.7 Å². The molecule has 0 spiro atoms. The van der Waals surface area contributed by atoms with Gasteiger partial charge in [0.1, 0.15) is 11.6 Å². The van der Waals surface area contributed by atoms with E-state index in [1.807, 2.05) is 0 Å². The molecule has 0 atom stereocenters. The molecule has 0 bridgehead atoms. The van der Waals surface area contributed by atoms with Crippen molar-refractivity contribution >= 4 is 12.3 Å². The van der Waals surface area contributed by atoms with Gasteiger partial charge < -0.3 is 9.47 Å². The number of carbonyl (C=O) groups is 2. The van der Waals surface area contributed by atoms with Crippen molar-refractivity contribution in [2.24, 2.45) is 0 Å². The molecule has 0 N–H and O–H groups in total. The van der Waals surface area contributed by atoms with E-state index in [1.165, 1.54) is 13.2 Å². The van der Waals surface area contributed by atoms with Crippen molar-refractivity contribution < 1.29 is 23.5 Å². The van der Waals surface area contributed by atoms with E-state index in [-0.39, 0.29) is 23.2 Å². The van der Waals surface area contributed by atoms with Crippen LogP contribution in [-0.4, -0.2) is 26.5 Å². The molecule has 5 heteroatoms. The second kappa shape index (κ2) is 4.54. The van der Waals surface area contributed by atoms with Gasteiger partial charge >= 0.3 is 5.97 Å². The summed E-state index contributed by atoms with van der Waals surface area (Å²) in [7, 11) is 2.48. The van der Waals surface area contributed by atoms with Crippen molar-refractivity contribution in [2.75, 3.05) is 14.2 Å². The second-order valence-electron chi connectivity index (χ2n) is 2.68. The molecule has 0 aliphatic carbocycles. The van der Waals surface area contributed by atoms with Crippen molar-refractivity contribution in [2.45, 2.75) is 0 Å². The minimum atomic E-state index is -0.815. The summed E-state index contributed by atoms with van der Waals surface area (Å²) in [6.07, 6.45) is 0.265. The van der Waals surface area contributed by atoms with Gasteiger partial charge in [0.05, 0.1) is 25.3 Å². The first-order chi connectivity index (χ1) is 7.13. The zero-order chi connectivity index (χ0) is 11.4. The average Bonchev–Trinajstić information content (AvgIpc) is 2.26. The Hall–Kier alpha value is -1.91. The molecular weight excluding hydrogens is 203 g/mol. The van der Waals surface area contributed by atoms with Gasteiger partial charge in [0, 0.05) is 6.07 Å². The first-order valence-electron chi connectivity index (χ1n) is 4.05. The van der Waals surface area contributed by atoms with Crippen LogP contribution in [0.4, 0.5) is 4.39 Å². The fraction of sp³-hybridized carbons (Fsp3) is 0.200. The van der Waals surface area contributed by atoms with Crippen LogP contribution in [0.5, 0.6) is 5.75 Å². The molecule has 0 radical (unpaired) electrons. The van der Waals surface area contributed by atoms with E-state index in [9.17, 15) is 14.0 Å². The van der Waals surface area contributed by atoms with Crippen LogP contribution in [0.15, 0.2) is 12.1 Å². The van der Waals surface area contributed by atoms with Crippen LogP contribution in [0.25, 0.3) is 0 Å². The number of methoxy groups -OCH3 is 2. The van der Waals surface area contributed by atoms with Gasteiger partial charge in [-0.25, -0.2) is 9.18 Å². The molecule has 0 unspecified atom stereocenters. The lowest BCUT2D eigenvalue weighted by Gasteiger charge is -2.06. The number of hydrogen-bond donors (Lipinski definition) is 0. The van der Waals surface area contributed by atoms with E-state index in [2.05, 4.69) is 4.74 Å². The topological polar surface area (TPSA) is 52.6 Å². The van der Waals surface area contributed by atoms with Crippen LogP contribution >= 0.6 is 0 Å². The Morgan fingerprint density at radius 3 is 2.53 bits per heavy atom. The van der Waals surface area contributed by atoms with E-state index in [0.29, 0.717) is 0 Å². The number of aldehydes is 1. The summed E-state index contributed by atoms with van der Waals surface area (Å²) >= 11 is 0. The summed E-state index contributed by atoms with van der Waals surface area (Å²) in [5, 5.41) is 0. The largest absolute Gasteiger partial charge is 0.497 e. The van der Waals surface area contributed by atoms with Crippen molar-refractivity contribution in [1.82, 2.24) is 0 Å². The Kier molecular flexibility index (Phi) is 3.38. The predicted octanol–water partition coefficient (Wildman–Crippen LogP) is 1.43. The smallest absolute Gasteiger partial charge is 0.338 e. The zero-order valence-electron chi connectivity index (χ0n) is 8.24. The maximum absolute atomic E-state index is 13.3. The fourth-order valence-electron chi connectivity index (χ4n) is 1.11. The van der Waals surface area contributed by atoms with E-state index in [4.69, 9.17) is 4.74 Å². The molecule has 0 aliphatic heterocycles. The third-order valence-corrected chi connectivity index (χ3v) is 1.86. The van der Waals surface area contributed by atoms with Gasteiger partial charge in [-0.3, -0.25) is 4.79 Å². The quantitative estimate of drug-likeness (QED) is 0.561. The molecule has 15 heavy (non-hydrogen) atoms. The first-order valence-corrected chi connectivity index (χ1v) is 4.05. The van der Waals surface area contributed by atoms with E-state index in [0.717, 1.165) is 13.2 Å². The van der Waals surface area contributed by atoms with Crippen molar-refractivity contribution in [3.05, 3.63) is 29.1 Å². The highest BCUT2D eigenvalue weighted by Gasteiger charge is 2.17. The van der Waals surface area contributed by atoms with Gasteiger partial charge in [0.15, 0.2) is 6.29 Å². The monoisotopic (exact) mass is 212 g/mol. The lowest BCUT2D eigenvalue weighted by molar-refractivity contribution is 0.0597. The molecule has 80 valence electrons. The normalized spacial score (nSPS) is 9.53. The Morgan fingerprint density at radius 1 is 1.40 bits per heavy atom. The van der Waals surface area contributed by atoms with Crippen molar-refractivity contribution in [3.8, 4) is 5.75 Å². The molecule has 1 rings (SSSR count). The van der Waals surface area contributed by atoms with Crippen LogP contribution in [0, 0.1) is 5.82 Å². The lowest BCUT2D eigenvalue weighted by atomic mass is 10.1. The molecule has 0 saturated carbocycles. The van der Waals surface area contributed by atoms with E-state index in [1.54, 1.807) is 0 Å². The molecule has 0 aromatic heterocycles. The van der Waals surface area contributed by atoms with E-state index < -0.39 is 11.8 Å². The van der Waals surface area contributed by atoms with Crippen LogP contribution in [0.2, 0.25) is 0 Å². The summed E-state index contributed by atoms with van der Waals surface area (Å²) < 4.78 is 22.5. The number of hydrogen-bond acceptors (Lipinski definition) is 4. The van der Waals surface area contributed by atoms with Crippen molar-refractivity contribution in [1.29, 1.82) is 0 Å². The van der Waals surface area contributed by atoms with Crippen LogP contribution in [0.3, 0.4) is 0 Å². The highest BCUT2D eigenvalue weighted by molar-refractivity contribution is 5.98. The number of carbonyl (C=O) groups excluding carboxylic acids is 2. The number of esters is 1. The Morgan fingerprint density at radius 2 is 2.07 bits per heavy atom. The lowest BCUT2D eigenvalue weighted by Crippen LogP contribution is -2.07. The summed E-state index contributed by atoms with van der Waals surface area (Å²) in [5.41, 5.74) is -0.480. The minimum absolute atomic E-state index is 0.149. The third-order valence-electron chi connectivity index (χ3n) is 1.86. The highest BCUT2D eigenvalue weighted by atomic mass is 19.1. The molecule has 0 aliphatic rings. The number of ether oxygens (including phenoxy) is 2. The number of halogens is 1. The molecule has 0 amide bonds. The Bertz CT molecular complexity index is 401. The minimum Gasteiger partial charge on any atom is -0.497 e. The Labute approximate surface area is 85.6 Å². The highest BCUT2D eigenvalue weighted by Crippen LogP contribution is 2.20. The van der Waals surface area contributed by atoms with Crippen molar-refractivity contribution in [3.63, 3.8) is 0 Å². The predicted molar refractivity (Wildman–Crippen MR) is 49.7 cm³/mol. The summed E-state index contributed by atoms with van der Waals surface area (Å²) in [5.74, 6) is -1.45. The SMILES string of the molecule is COC(=O)c1cc(OC)cc(F)c1C=O. The van der Waals surface area contributed by atoms with Gasteiger partial charge in [0.2, 0.25) is 0 Å². The maximum atomic E-state index is 13.3. The molecule has 1 aromatic carbocycles. The average molecular weight is 212 g/mol. The standard InChI is InChI=1S/C10H9FO4/c1-14-6-3-7(10(13)15-2)8(5-12)9(11)4-6/h3-5H,1-2H3. The summed E-state index contributed by atoms with van der Waals surface area (Å²) in [6.45, 7) is 0. The number of benzene rings is 1. The van der Waals surface area contributed by atoms with Crippen LogP contribution < -0.4 is 4.74 Å². The third kappa shape index (κ3) is 2.12. The van der Waals surface area contributed by atoms with Gasteiger partial charge in [-0.05, 0) is 6.07 Å². The molecule has 1 aromatic rings. The Balaban J connectivity index is 3.38. The summed E-state index contributed by atoms with van der Waals surface area (Å²) in [4.78, 5) is 21.8. The fourth-order valence-corrected chi connectivity index (χ4v) is 1.11. The van der Waals surface area contributed by atoms with Gasteiger partial charge in [-0.2, -0.15) is 0 Å². The molecule has 0 fully saturated rings. The summed E-state index contributed by atoms with van der Waals surface area (Å²) in [6, 6.07) is 2.27.